The van der Waals surface area contributed by atoms with Crippen molar-refractivity contribution in [3.63, 3.8) is 0 Å². The highest BCUT2D eigenvalue weighted by atomic mass is 15.3. The van der Waals surface area contributed by atoms with Gasteiger partial charge >= 0.3 is 0 Å². The molecule has 0 radical (unpaired) electrons. The molecule has 5 nitrogen and oxygen atoms in total. The van der Waals surface area contributed by atoms with Crippen LogP contribution in [0, 0.1) is 6.92 Å². The lowest BCUT2D eigenvalue weighted by Crippen LogP contribution is -2.23. The third-order valence-electron chi connectivity index (χ3n) is 2.95. The fourth-order valence-electron chi connectivity index (χ4n) is 1.92. The Labute approximate surface area is 113 Å². The van der Waals surface area contributed by atoms with Crippen LogP contribution in [0.25, 0.3) is 0 Å². The topological polar surface area (TPSA) is 67.1 Å². The number of nitrogens with two attached hydrogens (primary N) is 1. The van der Waals surface area contributed by atoms with Gasteiger partial charge in [-0.05, 0) is 31.5 Å². The lowest BCUT2D eigenvalue weighted by atomic mass is 10.2. The summed E-state index contributed by atoms with van der Waals surface area (Å²) in [6.45, 7) is 5.88. The van der Waals surface area contributed by atoms with Crippen LogP contribution in [0.5, 0.6) is 0 Å². The van der Waals surface area contributed by atoms with Gasteiger partial charge in [0.15, 0.2) is 5.82 Å². The molecule has 19 heavy (non-hydrogen) atoms. The van der Waals surface area contributed by atoms with Gasteiger partial charge in [-0.25, -0.2) is 10.8 Å². The Morgan fingerprint density at radius 1 is 1.26 bits per heavy atom. The molecule has 0 atom stereocenters. The highest BCUT2D eigenvalue weighted by Crippen LogP contribution is 2.17. The second kappa shape index (κ2) is 6.15. The van der Waals surface area contributed by atoms with E-state index in [0.717, 1.165) is 18.8 Å². The molecule has 0 amide bonds. The summed E-state index contributed by atoms with van der Waals surface area (Å²) in [4.78, 5) is 10.8. The number of nitrogen functional groups attached to an aromatic ring is 1. The highest BCUT2D eigenvalue weighted by molar-refractivity contribution is 5.48. The van der Waals surface area contributed by atoms with Gasteiger partial charge in [0.2, 0.25) is 0 Å². The molecular formula is C14H19N5. The van der Waals surface area contributed by atoms with E-state index in [2.05, 4.69) is 58.4 Å². The first-order chi connectivity index (χ1) is 9.22. The van der Waals surface area contributed by atoms with E-state index < -0.39 is 0 Å². The van der Waals surface area contributed by atoms with Crippen molar-refractivity contribution in [3.8, 4) is 0 Å². The van der Waals surface area contributed by atoms with E-state index in [1.807, 2.05) is 0 Å². The zero-order valence-corrected chi connectivity index (χ0v) is 11.3. The standard InChI is InChI=1S/C14H19N5/c1-3-19(13-6-4-5-11(2)7-13)10-12-8-17-14(18-15)9-16-12/h4-9H,3,10,15H2,1-2H3,(H,17,18). The molecule has 0 aliphatic rings. The van der Waals surface area contributed by atoms with E-state index in [1.54, 1.807) is 12.4 Å². The maximum absolute atomic E-state index is 5.27. The second-order valence-electron chi connectivity index (χ2n) is 4.39. The van der Waals surface area contributed by atoms with E-state index in [0.29, 0.717) is 5.82 Å². The van der Waals surface area contributed by atoms with Crippen LogP contribution >= 0.6 is 0 Å². The lowest BCUT2D eigenvalue weighted by molar-refractivity contribution is 0.803. The van der Waals surface area contributed by atoms with Gasteiger partial charge in [-0.2, -0.15) is 0 Å². The van der Waals surface area contributed by atoms with Crippen LogP contribution in [0.3, 0.4) is 0 Å². The predicted molar refractivity (Wildman–Crippen MR) is 77.7 cm³/mol. The Hall–Kier alpha value is -2.14. The molecule has 1 aromatic heterocycles. The van der Waals surface area contributed by atoms with Gasteiger partial charge in [0.25, 0.3) is 0 Å². The third kappa shape index (κ3) is 3.42. The van der Waals surface area contributed by atoms with Crippen LogP contribution in [0.1, 0.15) is 18.2 Å². The van der Waals surface area contributed by atoms with Crippen LogP contribution in [-0.2, 0) is 6.54 Å². The van der Waals surface area contributed by atoms with Crippen molar-refractivity contribution in [1.29, 1.82) is 0 Å². The Morgan fingerprint density at radius 3 is 2.68 bits per heavy atom. The van der Waals surface area contributed by atoms with Gasteiger partial charge < -0.3 is 10.3 Å². The quantitative estimate of drug-likeness (QED) is 0.634. The van der Waals surface area contributed by atoms with E-state index in [1.165, 1.54) is 11.3 Å². The number of anilines is 2. The molecule has 2 rings (SSSR count). The molecule has 2 aromatic rings. The fourth-order valence-corrected chi connectivity index (χ4v) is 1.92. The van der Waals surface area contributed by atoms with Crippen LogP contribution < -0.4 is 16.2 Å². The van der Waals surface area contributed by atoms with Gasteiger partial charge in [-0.15, -0.1) is 0 Å². The van der Waals surface area contributed by atoms with E-state index in [4.69, 9.17) is 5.84 Å². The van der Waals surface area contributed by atoms with Crippen LogP contribution in [-0.4, -0.2) is 16.5 Å². The van der Waals surface area contributed by atoms with Crippen LogP contribution in [0.4, 0.5) is 11.5 Å². The summed E-state index contributed by atoms with van der Waals surface area (Å²) in [6, 6.07) is 8.45. The summed E-state index contributed by atoms with van der Waals surface area (Å²) < 4.78 is 0. The number of benzene rings is 1. The maximum Gasteiger partial charge on any atom is 0.158 e. The predicted octanol–water partition coefficient (Wildman–Crippen LogP) is 2.10. The normalized spacial score (nSPS) is 10.3. The van der Waals surface area contributed by atoms with Gasteiger partial charge in [0, 0.05) is 12.2 Å². The summed E-state index contributed by atoms with van der Waals surface area (Å²) in [5.41, 5.74) is 5.85. The molecule has 5 heteroatoms. The molecule has 1 heterocycles. The number of rotatable bonds is 5. The van der Waals surface area contributed by atoms with Crippen molar-refractivity contribution in [1.82, 2.24) is 9.97 Å². The lowest BCUT2D eigenvalue weighted by Gasteiger charge is -2.23. The molecule has 0 saturated heterocycles. The molecule has 0 saturated carbocycles. The summed E-state index contributed by atoms with van der Waals surface area (Å²) in [5, 5.41) is 0. The zero-order chi connectivity index (χ0) is 13.7. The minimum absolute atomic E-state index is 0.572. The van der Waals surface area contributed by atoms with Crippen molar-refractivity contribution in [2.75, 3.05) is 16.9 Å². The Bertz CT molecular complexity index is 524. The summed E-state index contributed by atoms with van der Waals surface area (Å²) >= 11 is 0. The zero-order valence-electron chi connectivity index (χ0n) is 11.3. The van der Waals surface area contributed by atoms with E-state index in [-0.39, 0.29) is 0 Å². The number of nitrogens with zero attached hydrogens (tertiary/aromatic N) is 3. The van der Waals surface area contributed by atoms with E-state index >= 15 is 0 Å². The van der Waals surface area contributed by atoms with E-state index in [9.17, 15) is 0 Å². The molecule has 0 fully saturated rings. The fraction of sp³-hybridized carbons (Fsp3) is 0.286. The van der Waals surface area contributed by atoms with Gasteiger partial charge in [0.1, 0.15) is 0 Å². The summed E-state index contributed by atoms with van der Waals surface area (Å²) in [5.74, 6) is 5.84. The first-order valence-corrected chi connectivity index (χ1v) is 6.32. The first-order valence-electron chi connectivity index (χ1n) is 6.32. The van der Waals surface area contributed by atoms with Gasteiger partial charge in [-0.3, -0.25) is 4.98 Å². The van der Waals surface area contributed by atoms with Crippen molar-refractivity contribution >= 4 is 11.5 Å². The van der Waals surface area contributed by atoms with Crippen molar-refractivity contribution in [2.24, 2.45) is 5.84 Å². The average molecular weight is 257 g/mol. The maximum atomic E-state index is 5.27. The number of nitrogens with one attached hydrogen (secondary N) is 1. The van der Waals surface area contributed by atoms with Crippen molar-refractivity contribution in [2.45, 2.75) is 20.4 Å². The minimum Gasteiger partial charge on any atom is -0.366 e. The molecular weight excluding hydrogens is 238 g/mol. The van der Waals surface area contributed by atoms with Gasteiger partial charge in [0.05, 0.1) is 24.6 Å². The molecule has 0 spiro atoms. The van der Waals surface area contributed by atoms with Crippen LogP contribution in [0.2, 0.25) is 0 Å². The molecule has 0 unspecified atom stereocenters. The van der Waals surface area contributed by atoms with Crippen LogP contribution in [0.15, 0.2) is 36.7 Å². The minimum atomic E-state index is 0.572. The molecule has 0 aliphatic heterocycles. The molecule has 0 aliphatic carbocycles. The van der Waals surface area contributed by atoms with Crippen molar-refractivity contribution in [3.05, 3.63) is 47.9 Å². The molecule has 0 bridgehead atoms. The highest BCUT2D eigenvalue weighted by Gasteiger charge is 2.06. The molecule has 1 aromatic carbocycles. The molecule has 100 valence electrons. The summed E-state index contributed by atoms with van der Waals surface area (Å²) in [7, 11) is 0. The SMILES string of the molecule is CCN(Cc1cnc(NN)cn1)c1cccc(C)c1. The Morgan fingerprint density at radius 2 is 2.11 bits per heavy atom. The number of aromatic nitrogens is 2. The largest absolute Gasteiger partial charge is 0.366 e. The number of hydrogen-bond acceptors (Lipinski definition) is 5. The Kier molecular flexibility index (Phi) is 4.30. The third-order valence-corrected chi connectivity index (χ3v) is 2.95. The average Bonchev–Trinajstić information content (AvgIpc) is 2.45. The second-order valence-corrected chi connectivity index (χ2v) is 4.39. The number of hydrogen-bond donors (Lipinski definition) is 2. The Balaban J connectivity index is 2.14. The summed E-state index contributed by atoms with van der Waals surface area (Å²) in [6.07, 6.45) is 3.38. The van der Waals surface area contributed by atoms with Gasteiger partial charge in [-0.1, -0.05) is 12.1 Å². The monoisotopic (exact) mass is 257 g/mol. The number of hydrazine groups is 1. The number of aryl methyl sites for hydroxylation is 1. The molecule has 3 N–H and O–H groups in total. The van der Waals surface area contributed by atoms with Crippen molar-refractivity contribution < 1.29 is 0 Å². The smallest absolute Gasteiger partial charge is 0.158 e. The first kappa shape index (κ1) is 13.3.